The average Bonchev–Trinajstić information content (AvgIpc) is 1.89. The standard InChI is InChI=1S/C7H11N2/c8-5-6-3-1-2-4-7(6)9/h1,6-7H,2-4,9H2. The summed E-state index contributed by atoms with van der Waals surface area (Å²) < 4.78 is 0. The molecule has 0 aliphatic heterocycles. The van der Waals surface area contributed by atoms with Gasteiger partial charge in [-0.05, 0) is 25.7 Å². The first-order valence-corrected chi connectivity index (χ1v) is 3.31. The van der Waals surface area contributed by atoms with E-state index in [2.05, 4.69) is 12.5 Å². The van der Waals surface area contributed by atoms with E-state index in [0.29, 0.717) is 0 Å². The predicted octanol–water partition coefficient (Wildman–Crippen LogP) is 0.842. The molecule has 0 saturated heterocycles. The lowest BCUT2D eigenvalue weighted by molar-refractivity contribution is 0.424. The van der Waals surface area contributed by atoms with Crippen molar-refractivity contribution in [3.05, 3.63) is 6.42 Å². The molecule has 0 bridgehead atoms. The fourth-order valence-electron chi connectivity index (χ4n) is 1.13. The molecule has 9 heavy (non-hydrogen) atoms. The van der Waals surface area contributed by atoms with Crippen molar-refractivity contribution in [2.24, 2.45) is 11.7 Å². The van der Waals surface area contributed by atoms with Gasteiger partial charge in [0.1, 0.15) is 0 Å². The Morgan fingerprint density at radius 1 is 1.67 bits per heavy atom. The van der Waals surface area contributed by atoms with Gasteiger partial charge in [-0.3, -0.25) is 0 Å². The summed E-state index contributed by atoms with van der Waals surface area (Å²) in [5.41, 5.74) is 5.65. The van der Waals surface area contributed by atoms with Crippen LogP contribution in [0.1, 0.15) is 19.3 Å². The number of nitrogens with zero attached hydrogens (tertiary/aromatic N) is 1. The minimum absolute atomic E-state index is 0.0822. The fourth-order valence-corrected chi connectivity index (χ4v) is 1.13. The van der Waals surface area contributed by atoms with Crippen molar-refractivity contribution in [2.45, 2.75) is 25.3 Å². The molecule has 1 rings (SSSR count). The van der Waals surface area contributed by atoms with Gasteiger partial charge in [0.25, 0.3) is 0 Å². The first kappa shape index (κ1) is 6.57. The normalized spacial score (nSPS) is 35.6. The summed E-state index contributed by atoms with van der Waals surface area (Å²) in [4.78, 5) is 0. The molecule has 0 aromatic rings. The van der Waals surface area contributed by atoms with Crippen molar-refractivity contribution >= 4 is 0 Å². The van der Waals surface area contributed by atoms with Crippen molar-refractivity contribution in [1.29, 1.82) is 5.26 Å². The summed E-state index contributed by atoms with van der Waals surface area (Å²) >= 11 is 0. The lowest BCUT2D eigenvalue weighted by Crippen LogP contribution is -2.32. The van der Waals surface area contributed by atoms with Crippen LogP contribution in [0, 0.1) is 23.7 Å². The molecule has 1 radical (unpaired) electrons. The van der Waals surface area contributed by atoms with Crippen LogP contribution in [-0.4, -0.2) is 6.04 Å². The Kier molecular flexibility index (Phi) is 2.07. The fraction of sp³-hybridized carbons (Fsp3) is 0.714. The van der Waals surface area contributed by atoms with Crippen LogP contribution in [0.25, 0.3) is 0 Å². The molecular formula is C7H11N2. The molecule has 2 nitrogen and oxygen atoms in total. The molecule has 0 amide bonds. The highest BCUT2D eigenvalue weighted by Gasteiger charge is 2.20. The van der Waals surface area contributed by atoms with E-state index < -0.39 is 0 Å². The van der Waals surface area contributed by atoms with Gasteiger partial charge in [-0.2, -0.15) is 5.26 Å². The molecule has 0 heterocycles. The summed E-state index contributed by atoms with van der Waals surface area (Å²) in [6.45, 7) is 0. The zero-order valence-corrected chi connectivity index (χ0v) is 5.38. The third kappa shape index (κ3) is 1.43. The second kappa shape index (κ2) is 2.84. The topological polar surface area (TPSA) is 49.8 Å². The van der Waals surface area contributed by atoms with Crippen molar-refractivity contribution < 1.29 is 0 Å². The van der Waals surface area contributed by atoms with Crippen LogP contribution in [-0.2, 0) is 0 Å². The average molecular weight is 123 g/mol. The van der Waals surface area contributed by atoms with Crippen LogP contribution in [0.4, 0.5) is 0 Å². The molecule has 0 aromatic heterocycles. The van der Waals surface area contributed by atoms with E-state index in [-0.39, 0.29) is 12.0 Å². The Labute approximate surface area is 55.7 Å². The van der Waals surface area contributed by atoms with E-state index in [4.69, 9.17) is 11.0 Å². The van der Waals surface area contributed by atoms with Crippen LogP contribution in [0.3, 0.4) is 0 Å². The molecule has 0 aromatic carbocycles. The highest BCUT2D eigenvalue weighted by atomic mass is 14.7. The van der Waals surface area contributed by atoms with Gasteiger partial charge in [0.05, 0.1) is 12.0 Å². The van der Waals surface area contributed by atoms with E-state index >= 15 is 0 Å². The number of rotatable bonds is 0. The second-order valence-electron chi connectivity index (χ2n) is 2.50. The quantitative estimate of drug-likeness (QED) is 0.519. The second-order valence-corrected chi connectivity index (χ2v) is 2.50. The summed E-state index contributed by atoms with van der Waals surface area (Å²) in [6, 6.07) is 2.32. The number of nitrogens with two attached hydrogens (primary N) is 1. The highest BCUT2D eigenvalue weighted by Crippen LogP contribution is 2.20. The molecule has 2 heteroatoms. The molecule has 2 atom stereocenters. The van der Waals surface area contributed by atoms with Gasteiger partial charge < -0.3 is 5.73 Å². The van der Waals surface area contributed by atoms with E-state index in [9.17, 15) is 0 Å². The first-order chi connectivity index (χ1) is 4.34. The molecule has 2 N–H and O–H groups in total. The molecule has 1 saturated carbocycles. The van der Waals surface area contributed by atoms with E-state index in [1.54, 1.807) is 0 Å². The van der Waals surface area contributed by atoms with Crippen molar-refractivity contribution in [3.63, 3.8) is 0 Å². The molecule has 1 aliphatic carbocycles. The minimum atomic E-state index is 0.0822. The maximum Gasteiger partial charge on any atom is 0.0672 e. The van der Waals surface area contributed by atoms with Crippen LogP contribution >= 0.6 is 0 Å². The zero-order valence-electron chi connectivity index (χ0n) is 5.38. The third-order valence-electron chi connectivity index (χ3n) is 1.81. The lowest BCUT2D eigenvalue weighted by Gasteiger charge is -2.21. The summed E-state index contributed by atoms with van der Waals surface area (Å²) in [7, 11) is 0. The summed E-state index contributed by atoms with van der Waals surface area (Å²) in [5, 5.41) is 8.51. The monoisotopic (exact) mass is 123 g/mol. The molecule has 0 spiro atoms. The van der Waals surface area contributed by atoms with Crippen LogP contribution < -0.4 is 5.73 Å². The highest BCUT2D eigenvalue weighted by molar-refractivity contribution is 4.97. The van der Waals surface area contributed by atoms with Gasteiger partial charge in [-0.1, -0.05) is 0 Å². The largest absolute Gasteiger partial charge is 0.327 e. The predicted molar refractivity (Wildman–Crippen MR) is 35.2 cm³/mol. The van der Waals surface area contributed by atoms with Gasteiger partial charge in [-0.15, -0.1) is 0 Å². The van der Waals surface area contributed by atoms with E-state index in [1.165, 1.54) is 0 Å². The first-order valence-electron chi connectivity index (χ1n) is 3.31. The number of nitriles is 1. The Morgan fingerprint density at radius 3 is 2.89 bits per heavy atom. The Hall–Kier alpha value is -0.550. The van der Waals surface area contributed by atoms with E-state index in [0.717, 1.165) is 19.3 Å². The smallest absolute Gasteiger partial charge is 0.0672 e. The SMILES string of the molecule is N#CC1C[CH]CCC1N. The van der Waals surface area contributed by atoms with Gasteiger partial charge >= 0.3 is 0 Å². The van der Waals surface area contributed by atoms with Crippen molar-refractivity contribution in [2.75, 3.05) is 0 Å². The molecule has 49 valence electrons. The van der Waals surface area contributed by atoms with Crippen molar-refractivity contribution in [1.82, 2.24) is 0 Å². The van der Waals surface area contributed by atoms with Gasteiger partial charge in [0, 0.05) is 6.04 Å². The summed E-state index contributed by atoms with van der Waals surface area (Å²) in [5.74, 6) is 0.0822. The number of hydrogen-bond acceptors (Lipinski definition) is 2. The molecule has 1 aliphatic rings. The summed E-state index contributed by atoms with van der Waals surface area (Å²) in [6.07, 6.45) is 5.10. The zero-order chi connectivity index (χ0) is 6.69. The third-order valence-corrected chi connectivity index (χ3v) is 1.81. The lowest BCUT2D eigenvalue weighted by atomic mass is 9.86. The Morgan fingerprint density at radius 2 is 2.44 bits per heavy atom. The van der Waals surface area contributed by atoms with Crippen molar-refractivity contribution in [3.8, 4) is 6.07 Å². The van der Waals surface area contributed by atoms with Gasteiger partial charge in [-0.25, -0.2) is 0 Å². The maximum absolute atomic E-state index is 8.51. The Bertz CT molecular complexity index is 125. The van der Waals surface area contributed by atoms with E-state index in [1.807, 2.05) is 0 Å². The van der Waals surface area contributed by atoms with Crippen LogP contribution in [0.5, 0.6) is 0 Å². The van der Waals surface area contributed by atoms with Crippen LogP contribution in [0.2, 0.25) is 0 Å². The van der Waals surface area contributed by atoms with Crippen LogP contribution in [0.15, 0.2) is 0 Å². The maximum atomic E-state index is 8.51. The van der Waals surface area contributed by atoms with Gasteiger partial charge in [0.15, 0.2) is 0 Å². The Balaban J connectivity index is 2.41. The molecular weight excluding hydrogens is 112 g/mol. The number of hydrogen-bond donors (Lipinski definition) is 1. The van der Waals surface area contributed by atoms with Gasteiger partial charge in [0.2, 0.25) is 0 Å². The molecule has 1 fully saturated rings. The molecule has 2 unspecified atom stereocenters. The minimum Gasteiger partial charge on any atom is -0.327 e.